The van der Waals surface area contributed by atoms with E-state index in [4.69, 9.17) is 9.47 Å². The fourth-order valence-electron chi connectivity index (χ4n) is 2.75. The van der Waals surface area contributed by atoms with Crippen molar-refractivity contribution in [1.82, 2.24) is 4.90 Å². The summed E-state index contributed by atoms with van der Waals surface area (Å²) in [5.41, 5.74) is -0.962. The van der Waals surface area contributed by atoms with Gasteiger partial charge in [-0.3, -0.25) is 4.79 Å². The van der Waals surface area contributed by atoms with Crippen molar-refractivity contribution < 1.29 is 24.2 Å². The standard InChI is InChI=1S/C13H21NO5/c1-12(2,3)19-11(17)14-6-13(7-14)8-18-5-4-9(13)10(15)16/h9H,4-8H2,1-3H3,(H,15,16). The number of nitrogens with zero attached hydrogens (tertiary/aromatic N) is 1. The molecule has 2 rings (SSSR count). The lowest BCUT2D eigenvalue weighted by molar-refractivity contribution is -0.172. The molecule has 0 aliphatic carbocycles. The van der Waals surface area contributed by atoms with Crippen molar-refractivity contribution in [3.63, 3.8) is 0 Å². The van der Waals surface area contributed by atoms with Crippen molar-refractivity contribution in [2.75, 3.05) is 26.3 Å². The van der Waals surface area contributed by atoms with E-state index in [-0.39, 0.29) is 6.09 Å². The number of carbonyl (C=O) groups is 2. The molecule has 2 saturated heterocycles. The molecule has 6 nitrogen and oxygen atoms in total. The van der Waals surface area contributed by atoms with Crippen LogP contribution in [-0.2, 0) is 14.3 Å². The van der Waals surface area contributed by atoms with Gasteiger partial charge in [0.05, 0.1) is 12.5 Å². The summed E-state index contributed by atoms with van der Waals surface area (Å²) in [6, 6.07) is 0. The van der Waals surface area contributed by atoms with Gasteiger partial charge in [-0.1, -0.05) is 0 Å². The predicted molar refractivity (Wildman–Crippen MR) is 66.8 cm³/mol. The van der Waals surface area contributed by atoms with Crippen LogP contribution in [0.4, 0.5) is 4.79 Å². The lowest BCUT2D eigenvalue weighted by atomic mass is 9.67. The molecule has 1 atom stereocenters. The van der Waals surface area contributed by atoms with E-state index in [1.165, 1.54) is 0 Å². The third-order valence-electron chi connectivity index (χ3n) is 3.64. The lowest BCUT2D eigenvalue weighted by Gasteiger charge is -2.54. The molecule has 0 bridgehead atoms. The molecule has 0 radical (unpaired) electrons. The maximum absolute atomic E-state index is 11.9. The van der Waals surface area contributed by atoms with Gasteiger partial charge >= 0.3 is 12.1 Å². The zero-order valence-electron chi connectivity index (χ0n) is 11.6. The molecule has 6 heteroatoms. The van der Waals surface area contributed by atoms with Gasteiger partial charge in [0.15, 0.2) is 0 Å². The van der Waals surface area contributed by atoms with Crippen molar-refractivity contribution >= 4 is 12.1 Å². The average molecular weight is 271 g/mol. The summed E-state index contributed by atoms with van der Waals surface area (Å²) in [4.78, 5) is 24.7. The Morgan fingerprint density at radius 3 is 2.53 bits per heavy atom. The van der Waals surface area contributed by atoms with Crippen molar-refractivity contribution in [2.45, 2.75) is 32.8 Å². The summed E-state index contributed by atoms with van der Waals surface area (Å²) < 4.78 is 10.7. The Bertz CT molecular complexity index is 381. The normalized spacial score (nSPS) is 25.8. The van der Waals surface area contributed by atoms with Crippen molar-refractivity contribution in [2.24, 2.45) is 11.3 Å². The lowest BCUT2D eigenvalue weighted by Crippen LogP contribution is -2.66. The minimum atomic E-state index is -0.799. The minimum absolute atomic E-state index is 0.382. The van der Waals surface area contributed by atoms with E-state index in [0.29, 0.717) is 32.7 Å². The molecule has 1 amide bonds. The first-order chi connectivity index (χ1) is 8.73. The molecule has 1 spiro atoms. The maximum atomic E-state index is 11.9. The highest BCUT2D eigenvalue weighted by atomic mass is 16.6. The second-order valence-corrected chi connectivity index (χ2v) is 6.43. The summed E-state index contributed by atoms with van der Waals surface area (Å²) >= 11 is 0. The van der Waals surface area contributed by atoms with Crippen LogP contribution in [0, 0.1) is 11.3 Å². The molecule has 2 heterocycles. The van der Waals surface area contributed by atoms with Crippen LogP contribution in [0.2, 0.25) is 0 Å². The molecular formula is C13H21NO5. The maximum Gasteiger partial charge on any atom is 0.410 e. The summed E-state index contributed by atoms with van der Waals surface area (Å²) in [7, 11) is 0. The predicted octanol–water partition coefficient (Wildman–Crippen LogP) is 1.34. The van der Waals surface area contributed by atoms with E-state index in [9.17, 15) is 14.7 Å². The number of carboxylic acid groups (broad SMARTS) is 1. The second-order valence-electron chi connectivity index (χ2n) is 6.43. The molecule has 2 aliphatic heterocycles. The molecule has 0 aromatic heterocycles. The van der Waals surface area contributed by atoms with Gasteiger partial charge < -0.3 is 19.5 Å². The van der Waals surface area contributed by atoms with Crippen LogP contribution < -0.4 is 0 Å². The van der Waals surface area contributed by atoms with E-state index in [2.05, 4.69) is 0 Å². The van der Waals surface area contributed by atoms with E-state index < -0.39 is 22.9 Å². The van der Waals surface area contributed by atoms with E-state index in [1.54, 1.807) is 4.90 Å². The van der Waals surface area contributed by atoms with Crippen LogP contribution in [0.5, 0.6) is 0 Å². The Kier molecular flexibility index (Phi) is 3.47. The number of amides is 1. The van der Waals surface area contributed by atoms with Crippen molar-refractivity contribution in [3.05, 3.63) is 0 Å². The van der Waals surface area contributed by atoms with Crippen molar-refractivity contribution in [1.29, 1.82) is 0 Å². The molecule has 0 saturated carbocycles. The molecule has 1 unspecified atom stereocenters. The molecule has 0 aromatic carbocycles. The average Bonchev–Trinajstić information content (AvgIpc) is 2.23. The van der Waals surface area contributed by atoms with Crippen molar-refractivity contribution in [3.8, 4) is 0 Å². The molecule has 2 fully saturated rings. The van der Waals surface area contributed by atoms with Crippen LogP contribution in [0.1, 0.15) is 27.2 Å². The van der Waals surface area contributed by atoms with Gasteiger partial charge in [-0.2, -0.15) is 0 Å². The first-order valence-corrected chi connectivity index (χ1v) is 6.52. The van der Waals surface area contributed by atoms with Crippen LogP contribution in [0.3, 0.4) is 0 Å². The number of rotatable bonds is 1. The Morgan fingerprint density at radius 2 is 2.00 bits per heavy atom. The number of hydrogen-bond donors (Lipinski definition) is 1. The second kappa shape index (κ2) is 4.67. The van der Waals surface area contributed by atoms with Gasteiger partial charge in [-0.15, -0.1) is 0 Å². The molecule has 0 aromatic rings. The zero-order valence-corrected chi connectivity index (χ0v) is 11.6. The van der Waals surface area contributed by atoms with Gasteiger partial charge in [0, 0.05) is 25.1 Å². The Hall–Kier alpha value is -1.30. The van der Waals surface area contributed by atoms with Gasteiger partial charge in [-0.25, -0.2) is 4.79 Å². The smallest absolute Gasteiger partial charge is 0.410 e. The highest BCUT2D eigenvalue weighted by molar-refractivity contribution is 5.74. The number of likely N-dealkylation sites (tertiary alicyclic amines) is 1. The van der Waals surface area contributed by atoms with Crippen LogP contribution in [0.25, 0.3) is 0 Å². The van der Waals surface area contributed by atoms with E-state index in [1.807, 2.05) is 20.8 Å². The molecular weight excluding hydrogens is 250 g/mol. The Morgan fingerprint density at radius 1 is 1.37 bits per heavy atom. The Labute approximate surface area is 112 Å². The third kappa shape index (κ3) is 2.83. The molecule has 2 aliphatic rings. The first kappa shape index (κ1) is 14.1. The highest BCUT2D eigenvalue weighted by Crippen LogP contribution is 2.43. The van der Waals surface area contributed by atoms with Gasteiger partial charge in [-0.05, 0) is 27.2 Å². The van der Waals surface area contributed by atoms with Gasteiger partial charge in [0.1, 0.15) is 5.60 Å². The Balaban J connectivity index is 1.96. The van der Waals surface area contributed by atoms with E-state index in [0.717, 1.165) is 0 Å². The largest absolute Gasteiger partial charge is 0.481 e. The topological polar surface area (TPSA) is 76.1 Å². The summed E-state index contributed by atoms with van der Waals surface area (Å²) in [5, 5.41) is 9.26. The highest BCUT2D eigenvalue weighted by Gasteiger charge is 2.55. The number of aliphatic carboxylic acids is 1. The van der Waals surface area contributed by atoms with Crippen LogP contribution in [0.15, 0.2) is 0 Å². The SMILES string of the molecule is CC(C)(C)OC(=O)N1CC2(COCCC2C(=O)O)C1. The minimum Gasteiger partial charge on any atom is -0.481 e. The number of hydrogen-bond acceptors (Lipinski definition) is 4. The van der Waals surface area contributed by atoms with Crippen LogP contribution in [-0.4, -0.2) is 54.0 Å². The number of carboxylic acids is 1. The fourth-order valence-corrected chi connectivity index (χ4v) is 2.75. The van der Waals surface area contributed by atoms with Crippen LogP contribution >= 0.6 is 0 Å². The summed E-state index contributed by atoms with van der Waals surface area (Å²) in [5.74, 6) is -1.23. The number of ether oxygens (including phenoxy) is 2. The molecule has 1 N–H and O–H groups in total. The monoisotopic (exact) mass is 271 g/mol. The summed E-state index contributed by atoms with van der Waals surface area (Å²) in [6.07, 6.45) is 0.130. The van der Waals surface area contributed by atoms with Gasteiger partial charge in [0.25, 0.3) is 0 Å². The third-order valence-corrected chi connectivity index (χ3v) is 3.64. The van der Waals surface area contributed by atoms with E-state index >= 15 is 0 Å². The zero-order chi connectivity index (χ0) is 14.3. The fraction of sp³-hybridized carbons (Fsp3) is 0.846. The number of carbonyl (C=O) groups excluding carboxylic acids is 1. The summed E-state index contributed by atoms with van der Waals surface area (Å²) in [6.45, 7) is 7.12. The molecule has 19 heavy (non-hydrogen) atoms. The van der Waals surface area contributed by atoms with Gasteiger partial charge in [0.2, 0.25) is 0 Å². The molecule has 108 valence electrons. The quantitative estimate of drug-likeness (QED) is 0.779. The first-order valence-electron chi connectivity index (χ1n) is 6.52.